The Labute approximate surface area is 93.0 Å². The van der Waals surface area contributed by atoms with Crippen LogP contribution in [0, 0.1) is 5.92 Å². The average Bonchev–Trinajstić information content (AvgIpc) is 2.06. The number of hydrogen-bond acceptors (Lipinski definition) is 3. The van der Waals surface area contributed by atoms with Crippen LogP contribution in [-0.2, 0) is 14.8 Å². The number of hydrogen-bond donors (Lipinski definition) is 1. The molecule has 0 saturated carbocycles. The Morgan fingerprint density at radius 2 is 1.88 bits per heavy atom. The Morgan fingerprint density at radius 1 is 1.31 bits per heavy atom. The lowest BCUT2D eigenvalue weighted by Gasteiger charge is -2.11. The molecule has 0 bridgehead atoms. The van der Waals surface area contributed by atoms with Crippen LogP contribution >= 0.6 is 0 Å². The van der Waals surface area contributed by atoms with E-state index in [1.165, 1.54) is 0 Å². The van der Waals surface area contributed by atoms with Gasteiger partial charge in [0.15, 0.2) is 0 Å². The zero-order valence-electron chi connectivity index (χ0n) is 8.96. The summed E-state index contributed by atoms with van der Waals surface area (Å²) in [7, 11) is -3.49. The predicted molar refractivity (Wildman–Crippen MR) is 53.2 cm³/mol. The third-order valence-electron chi connectivity index (χ3n) is 1.92. The maximum absolute atomic E-state index is 11.7. The fraction of sp³-hybridized carbons (Fsp3) is 1.00. The van der Waals surface area contributed by atoms with Crippen LogP contribution in [0.4, 0.5) is 13.2 Å². The second kappa shape index (κ2) is 6.41. The molecule has 0 saturated heterocycles. The van der Waals surface area contributed by atoms with E-state index in [2.05, 4.69) is 4.74 Å². The molecule has 0 fully saturated rings. The van der Waals surface area contributed by atoms with E-state index in [1.54, 1.807) is 6.92 Å². The molecule has 0 aromatic rings. The molecule has 8 heteroatoms. The Hall–Kier alpha value is -0.340. The van der Waals surface area contributed by atoms with Crippen LogP contribution in [0.25, 0.3) is 0 Å². The molecule has 98 valence electrons. The first-order chi connectivity index (χ1) is 7.10. The molecule has 1 unspecified atom stereocenters. The van der Waals surface area contributed by atoms with E-state index in [-0.39, 0.29) is 18.3 Å². The number of nitrogens with two attached hydrogens (primary N) is 1. The zero-order valence-corrected chi connectivity index (χ0v) is 9.77. The molecule has 16 heavy (non-hydrogen) atoms. The van der Waals surface area contributed by atoms with Gasteiger partial charge in [0.1, 0.15) is 6.61 Å². The zero-order chi connectivity index (χ0) is 12.8. The van der Waals surface area contributed by atoms with Crippen LogP contribution in [0.5, 0.6) is 0 Å². The number of ether oxygens (including phenoxy) is 1. The van der Waals surface area contributed by atoms with Crippen molar-refractivity contribution in [2.45, 2.75) is 25.9 Å². The predicted octanol–water partition coefficient (Wildman–Crippen LogP) is 1.27. The van der Waals surface area contributed by atoms with Gasteiger partial charge in [-0.2, -0.15) is 13.2 Å². The Balaban J connectivity index is 3.56. The monoisotopic (exact) mass is 263 g/mol. The molecule has 0 amide bonds. The number of primary sulfonamides is 1. The lowest BCUT2D eigenvalue weighted by molar-refractivity contribution is -0.174. The van der Waals surface area contributed by atoms with Gasteiger partial charge in [0, 0.05) is 6.61 Å². The van der Waals surface area contributed by atoms with Gasteiger partial charge < -0.3 is 4.74 Å². The Morgan fingerprint density at radius 3 is 2.31 bits per heavy atom. The third-order valence-corrected chi connectivity index (χ3v) is 2.72. The molecule has 0 aromatic carbocycles. The molecule has 0 aromatic heterocycles. The minimum absolute atomic E-state index is 0.0356. The lowest BCUT2D eigenvalue weighted by Crippen LogP contribution is -2.20. The molecule has 0 aliphatic carbocycles. The second-order valence-electron chi connectivity index (χ2n) is 3.72. The first kappa shape index (κ1) is 15.7. The topological polar surface area (TPSA) is 69.4 Å². The van der Waals surface area contributed by atoms with Crippen molar-refractivity contribution >= 4 is 10.0 Å². The molecule has 0 aliphatic heterocycles. The summed E-state index contributed by atoms with van der Waals surface area (Å²) >= 11 is 0. The van der Waals surface area contributed by atoms with Crippen molar-refractivity contribution in [1.29, 1.82) is 0 Å². The molecule has 1 atom stereocenters. The Bertz CT molecular complexity index is 289. The Kier molecular flexibility index (Phi) is 6.27. The van der Waals surface area contributed by atoms with Gasteiger partial charge in [-0.1, -0.05) is 6.92 Å². The molecular formula is C8H16F3NO3S. The van der Waals surface area contributed by atoms with E-state index in [9.17, 15) is 21.6 Å². The van der Waals surface area contributed by atoms with Crippen LogP contribution in [-0.4, -0.2) is 33.6 Å². The van der Waals surface area contributed by atoms with Crippen molar-refractivity contribution in [2.24, 2.45) is 11.1 Å². The number of sulfonamides is 1. The van der Waals surface area contributed by atoms with Crippen molar-refractivity contribution in [3.8, 4) is 0 Å². The van der Waals surface area contributed by atoms with Crippen molar-refractivity contribution in [1.82, 2.24) is 0 Å². The lowest BCUT2D eigenvalue weighted by atomic mass is 10.1. The molecule has 0 radical (unpaired) electrons. The normalized spacial score (nSPS) is 15.1. The highest BCUT2D eigenvalue weighted by Gasteiger charge is 2.27. The maximum Gasteiger partial charge on any atom is 0.411 e. The van der Waals surface area contributed by atoms with Gasteiger partial charge in [0.25, 0.3) is 0 Å². The minimum Gasteiger partial charge on any atom is -0.372 e. The molecule has 0 heterocycles. The van der Waals surface area contributed by atoms with Gasteiger partial charge in [-0.15, -0.1) is 0 Å². The van der Waals surface area contributed by atoms with Crippen LogP contribution < -0.4 is 5.14 Å². The first-order valence-corrected chi connectivity index (χ1v) is 6.46. The quantitative estimate of drug-likeness (QED) is 0.703. The fourth-order valence-corrected chi connectivity index (χ4v) is 1.71. The summed E-state index contributed by atoms with van der Waals surface area (Å²) in [5, 5.41) is 4.79. The highest BCUT2D eigenvalue weighted by Crippen LogP contribution is 2.15. The first-order valence-electron chi connectivity index (χ1n) is 4.75. The van der Waals surface area contributed by atoms with Crippen LogP contribution in [0.2, 0.25) is 0 Å². The van der Waals surface area contributed by atoms with Crippen LogP contribution in [0.1, 0.15) is 19.8 Å². The molecule has 0 spiro atoms. The van der Waals surface area contributed by atoms with E-state index in [0.29, 0.717) is 12.8 Å². The highest BCUT2D eigenvalue weighted by molar-refractivity contribution is 7.89. The van der Waals surface area contributed by atoms with Crippen LogP contribution in [0.3, 0.4) is 0 Å². The number of halogens is 3. The number of alkyl halides is 3. The van der Waals surface area contributed by atoms with Crippen molar-refractivity contribution in [3.63, 3.8) is 0 Å². The molecule has 0 rings (SSSR count). The third kappa shape index (κ3) is 11.7. The summed E-state index contributed by atoms with van der Waals surface area (Å²) in [5.74, 6) is -0.195. The van der Waals surface area contributed by atoms with Gasteiger partial charge in [-0.3, -0.25) is 0 Å². The van der Waals surface area contributed by atoms with Gasteiger partial charge in [0.05, 0.1) is 5.75 Å². The summed E-state index contributed by atoms with van der Waals surface area (Å²) in [5.41, 5.74) is 0. The van der Waals surface area contributed by atoms with E-state index in [1.807, 2.05) is 0 Å². The molecule has 0 aliphatic rings. The van der Waals surface area contributed by atoms with Crippen molar-refractivity contribution in [2.75, 3.05) is 19.0 Å². The minimum atomic E-state index is -4.32. The van der Waals surface area contributed by atoms with Gasteiger partial charge in [0.2, 0.25) is 10.0 Å². The van der Waals surface area contributed by atoms with Gasteiger partial charge in [-0.25, -0.2) is 13.6 Å². The van der Waals surface area contributed by atoms with Crippen LogP contribution in [0.15, 0.2) is 0 Å². The van der Waals surface area contributed by atoms with Gasteiger partial charge in [-0.05, 0) is 18.8 Å². The average molecular weight is 263 g/mol. The summed E-state index contributed by atoms with van der Waals surface area (Å²) in [6.07, 6.45) is -3.61. The van der Waals surface area contributed by atoms with E-state index >= 15 is 0 Å². The summed E-state index contributed by atoms with van der Waals surface area (Å²) in [4.78, 5) is 0. The van der Waals surface area contributed by atoms with Crippen molar-refractivity contribution < 1.29 is 26.3 Å². The maximum atomic E-state index is 11.7. The highest BCUT2D eigenvalue weighted by atomic mass is 32.2. The van der Waals surface area contributed by atoms with Gasteiger partial charge >= 0.3 is 6.18 Å². The number of rotatable bonds is 7. The fourth-order valence-electron chi connectivity index (χ4n) is 0.982. The standard InChI is InChI=1S/C8H16F3NO3S/c1-7(3-5-16(12,13)14)2-4-15-6-8(9,10)11/h7H,2-6H2,1H3,(H2,12,13,14). The molecular weight excluding hydrogens is 247 g/mol. The smallest absolute Gasteiger partial charge is 0.372 e. The van der Waals surface area contributed by atoms with Crippen molar-refractivity contribution in [3.05, 3.63) is 0 Å². The largest absolute Gasteiger partial charge is 0.411 e. The molecule has 2 N–H and O–H groups in total. The summed E-state index contributed by atoms with van der Waals surface area (Å²) in [6.45, 7) is 0.433. The summed E-state index contributed by atoms with van der Waals surface area (Å²) in [6, 6.07) is 0. The second-order valence-corrected chi connectivity index (χ2v) is 5.45. The SMILES string of the molecule is CC(CCOCC(F)(F)F)CCS(N)(=O)=O. The summed E-state index contributed by atoms with van der Waals surface area (Å²) < 4.78 is 60.6. The van der Waals surface area contributed by atoms with E-state index in [4.69, 9.17) is 5.14 Å². The molecule has 4 nitrogen and oxygen atoms in total. The van der Waals surface area contributed by atoms with E-state index in [0.717, 1.165) is 0 Å². The van der Waals surface area contributed by atoms with E-state index < -0.39 is 22.8 Å².